The monoisotopic (exact) mass is 405 g/mol. The van der Waals surface area contributed by atoms with E-state index in [1.54, 1.807) is 0 Å². The lowest BCUT2D eigenvalue weighted by molar-refractivity contribution is 0.0204. The number of ether oxygens (including phenoxy) is 1. The van der Waals surface area contributed by atoms with Gasteiger partial charge in [0.05, 0.1) is 0 Å². The zero-order chi connectivity index (χ0) is 21.1. The smallest absolute Gasteiger partial charge is 0.410 e. The molecule has 0 aliphatic carbocycles. The summed E-state index contributed by atoms with van der Waals surface area (Å²) in [5, 5.41) is 1.22. The van der Waals surface area contributed by atoms with E-state index in [1.165, 1.54) is 16.6 Å². The number of aromatic amines is 1. The van der Waals surface area contributed by atoms with Crippen molar-refractivity contribution in [1.29, 1.82) is 0 Å². The van der Waals surface area contributed by atoms with Crippen LogP contribution < -0.4 is 4.90 Å². The number of nitrogens with zero attached hydrogens (tertiary/aromatic N) is 2. The molecule has 30 heavy (non-hydrogen) atoms. The van der Waals surface area contributed by atoms with Crippen LogP contribution in [-0.4, -0.2) is 40.7 Å². The lowest BCUT2D eigenvalue weighted by Crippen LogP contribution is -2.48. The number of anilines is 1. The van der Waals surface area contributed by atoms with Gasteiger partial charge in [-0.15, -0.1) is 0 Å². The Balaban J connectivity index is 1.52. The average Bonchev–Trinajstić information content (AvgIpc) is 3.19. The summed E-state index contributed by atoms with van der Waals surface area (Å²) >= 11 is 0. The molecule has 0 unspecified atom stereocenters. The lowest BCUT2D eigenvalue weighted by Gasteiger charge is -2.40. The van der Waals surface area contributed by atoms with Crippen molar-refractivity contribution < 1.29 is 9.53 Å². The number of benzene rings is 2. The third-order valence-electron chi connectivity index (χ3n) is 5.62. The molecule has 1 aliphatic rings. The third kappa shape index (κ3) is 4.78. The molecule has 1 N–H and O–H groups in total. The molecule has 0 spiro atoms. The Morgan fingerprint density at radius 3 is 2.53 bits per heavy atom. The van der Waals surface area contributed by atoms with E-state index >= 15 is 0 Å². The number of likely N-dealkylation sites (tertiary alicyclic amines) is 1. The maximum atomic E-state index is 12.5. The van der Waals surface area contributed by atoms with Crippen molar-refractivity contribution in [3.8, 4) is 0 Å². The van der Waals surface area contributed by atoms with Crippen molar-refractivity contribution in [2.75, 3.05) is 18.0 Å². The van der Waals surface area contributed by atoms with E-state index in [0.717, 1.165) is 38.0 Å². The molecule has 5 nitrogen and oxygen atoms in total. The number of H-pyrrole nitrogens is 1. The number of rotatable bonds is 4. The van der Waals surface area contributed by atoms with Gasteiger partial charge in [-0.25, -0.2) is 4.79 Å². The largest absolute Gasteiger partial charge is 0.444 e. The van der Waals surface area contributed by atoms with E-state index in [0.29, 0.717) is 6.04 Å². The number of amides is 1. The summed E-state index contributed by atoms with van der Waals surface area (Å²) in [6.45, 7) is 8.03. The molecule has 2 heterocycles. The van der Waals surface area contributed by atoms with Crippen molar-refractivity contribution in [2.45, 2.75) is 51.8 Å². The maximum absolute atomic E-state index is 12.5. The van der Waals surface area contributed by atoms with Crippen LogP contribution in [0.3, 0.4) is 0 Å². The average molecular weight is 406 g/mol. The van der Waals surface area contributed by atoms with Gasteiger partial charge in [-0.05, 0) is 63.4 Å². The summed E-state index contributed by atoms with van der Waals surface area (Å²) in [4.78, 5) is 20.1. The fraction of sp³-hybridized carbons (Fsp3) is 0.400. The molecule has 0 atom stereocenters. The van der Waals surface area contributed by atoms with Crippen molar-refractivity contribution in [1.82, 2.24) is 9.88 Å². The van der Waals surface area contributed by atoms with Crippen molar-refractivity contribution in [2.24, 2.45) is 0 Å². The van der Waals surface area contributed by atoms with Crippen LogP contribution in [0.5, 0.6) is 0 Å². The highest BCUT2D eigenvalue weighted by molar-refractivity contribution is 5.83. The molecular formula is C25H31N3O2. The van der Waals surface area contributed by atoms with Gasteiger partial charge >= 0.3 is 6.09 Å². The van der Waals surface area contributed by atoms with Gasteiger partial charge in [0.1, 0.15) is 5.60 Å². The van der Waals surface area contributed by atoms with Gasteiger partial charge in [0.25, 0.3) is 0 Å². The minimum absolute atomic E-state index is 0.204. The quantitative estimate of drug-likeness (QED) is 0.617. The van der Waals surface area contributed by atoms with Crippen LogP contribution >= 0.6 is 0 Å². The highest BCUT2D eigenvalue weighted by atomic mass is 16.6. The SMILES string of the molecule is CC(C)(C)OC(=O)N1CCC(N(Cc2ccccc2)c2ccc3[nH]ccc3c2)CC1. The predicted molar refractivity (Wildman–Crippen MR) is 122 cm³/mol. The Bertz CT molecular complexity index is 982. The van der Waals surface area contributed by atoms with Gasteiger partial charge in [0.15, 0.2) is 0 Å². The topological polar surface area (TPSA) is 48.6 Å². The minimum atomic E-state index is -0.459. The van der Waals surface area contributed by atoms with Crippen LogP contribution in [0.1, 0.15) is 39.2 Å². The van der Waals surface area contributed by atoms with Crippen LogP contribution in [0.4, 0.5) is 10.5 Å². The Kier molecular flexibility index (Phi) is 5.71. The first-order valence-corrected chi connectivity index (χ1v) is 10.7. The Morgan fingerprint density at radius 2 is 1.83 bits per heavy atom. The van der Waals surface area contributed by atoms with Crippen molar-refractivity contribution >= 4 is 22.7 Å². The van der Waals surface area contributed by atoms with Crippen LogP contribution in [0.15, 0.2) is 60.8 Å². The van der Waals surface area contributed by atoms with Gasteiger partial charge < -0.3 is 19.5 Å². The fourth-order valence-corrected chi connectivity index (χ4v) is 4.12. The van der Waals surface area contributed by atoms with Crippen LogP contribution in [-0.2, 0) is 11.3 Å². The molecule has 0 saturated carbocycles. The summed E-state index contributed by atoms with van der Waals surface area (Å²) in [7, 11) is 0. The molecular weight excluding hydrogens is 374 g/mol. The first-order chi connectivity index (χ1) is 14.4. The van der Waals surface area contributed by atoms with Gasteiger partial charge in [-0.3, -0.25) is 0 Å². The number of carbonyl (C=O) groups is 1. The molecule has 3 aromatic rings. The van der Waals surface area contributed by atoms with Gasteiger partial charge in [0, 0.05) is 48.5 Å². The number of piperidine rings is 1. The van der Waals surface area contributed by atoms with E-state index in [4.69, 9.17) is 4.74 Å². The number of aromatic nitrogens is 1. The van der Waals surface area contributed by atoms with E-state index < -0.39 is 5.60 Å². The van der Waals surface area contributed by atoms with E-state index in [-0.39, 0.29) is 6.09 Å². The third-order valence-corrected chi connectivity index (χ3v) is 5.62. The van der Waals surface area contributed by atoms with Crippen molar-refractivity contribution in [3.05, 3.63) is 66.4 Å². The van der Waals surface area contributed by atoms with Crippen LogP contribution in [0.25, 0.3) is 10.9 Å². The van der Waals surface area contributed by atoms with E-state index in [9.17, 15) is 4.79 Å². The second kappa shape index (κ2) is 8.42. The highest BCUT2D eigenvalue weighted by Gasteiger charge is 2.30. The molecule has 1 saturated heterocycles. The molecule has 1 amide bonds. The molecule has 0 radical (unpaired) electrons. The molecule has 5 heteroatoms. The Morgan fingerprint density at radius 1 is 1.10 bits per heavy atom. The first kappa shape index (κ1) is 20.3. The Labute approximate surface area is 178 Å². The second-order valence-electron chi connectivity index (χ2n) is 9.06. The number of hydrogen-bond donors (Lipinski definition) is 1. The maximum Gasteiger partial charge on any atom is 0.410 e. The van der Waals surface area contributed by atoms with Gasteiger partial charge in [0.2, 0.25) is 0 Å². The first-order valence-electron chi connectivity index (χ1n) is 10.7. The lowest BCUT2D eigenvalue weighted by atomic mass is 10.0. The normalized spacial score (nSPS) is 15.4. The summed E-state index contributed by atoms with van der Waals surface area (Å²) in [5.74, 6) is 0. The Hall–Kier alpha value is -2.95. The molecule has 1 aliphatic heterocycles. The zero-order valence-corrected chi connectivity index (χ0v) is 18.1. The van der Waals surface area contributed by atoms with E-state index in [2.05, 4.69) is 64.5 Å². The highest BCUT2D eigenvalue weighted by Crippen LogP contribution is 2.29. The standard InChI is InChI=1S/C25H31N3O2/c1-25(2,3)30-24(29)27-15-12-21(13-16-27)28(18-19-7-5-4-6-8-19)22-9-10-23-20(17-22)11-14-26-23/h4-11,14,17,21,26H,12-13,15-16,18H2,1-3H3. The summed E-state index contributed by atoms with van der Waals surface area (Å²) in [6, 6.07) is 19.7. The predicted octanol–water partition coefficient (Wildman–Crippen LogP) is 5.57. The molecule has 158 valence electrons. The van der Waals surface area contributed by atoms with Gasteiger partial charge in [-0.2, -0.15) is 0 Å². The summed E-state index contributed by atoms with van der Waals surface area (Å²) in [6.07, 6.45) is 3.63. The minimum Gasteiger partial charge on any atom is -0.444 e. The fourth-order valence-electron chi connectivity index (χ4n) is 4.12. The number of hydrogen-bond acceptors (Lipinski definition) is 3. The number of fused-ring (bicyclic) bond motifs is 1. The van der Waals surface area contributed by atoms with Crippen molar-refractivity contribution in [3.63, 3.8) is 0 Å². The molecule has 4 rings (SSSR count). The molecule has 0 bridgehead atoms. The van der Waals surface area contributed by atoms with Crippen LogP contribution in [0, 0.1) is 0 Å². The molecule has 1 aromatic heterocycles. The van der Waals surface area contributed by atoms with Crippen LogP contribution in [0.2, 0.25) is 0 Å². The summed E-state index contributed by atoms with van der Waals surface area (Å²) in [5.41, 5.74) is 3.21. The number of nitrogens with one attached hydrogen (secondary N) is 1. The molecule has 2 aromatic carbocycles. The van der Waals surface area contributed by atoms with E-state index in [1.807, 2.05) is 31.9 Å². The zero-order valence-electron chi connectivity index (χ0n) is 18.1. The summed E-state index contributed by atoms with van der Waals surface area (Å²) < 4.78 is 5.56. The second-order valence-corrected chi connectivity index (χ2v) is 9.06. The van der Waals surface area contributed by atoms with Gasteiger partial charge in [-0.1, -0.05) is 30.3 Å². The number of carbonyl (C=O) groups excluding carboxylic acids is 1. The molecule has 1 fully saturated rings.